The Bertz CT molecular complexity index is 1420. The lowest BCUT2D eigenvalue weighted by atomic mass is 9.79. The summed E-state index contributed by atoms with van der Waals surface area (Å²) < 4.78 is 61.9. The Morgan fingerprint density at radius 1 is 1.13 bits per heavy atom. The highest BCUT2D eigenvalue weighted by molar-refractivity contribution is 6.04. The van der Waals surface area contributed by atoms with Crippen molar-refractivity contribution in [3.63, 3.8) is 0 Å². The van der Waals surface area contributed by atoms with E-state index in [9.17, 15) is 22.8 Å². The third-order valence-electron chi connectivity index (χ3n) is 6.40. The van der Waals surface area contributed by atoms with Crippen molar-refractivity contribution in [3.8, 4) is 11.9 Å². The molecule has 2 heterocycles. The van der Waals surface area contributed by atoms with Gasteiger partial charge in [0.2, 0.25) is 18.1 Å². The minimum atomic E-state index is -3.55. The molecule has 38 heavy (non-hydrogen) atoms. The van der Waals surface area contributed by atoms with Gasteiger partial charge in [-0.1, -0.05) is 24.3 Å². The van der Waals surface area contributed by atoms with Crippen LogP contribution in [0.15, 0.2) is 60.8 Å². The number of anilines is 1. The van der Waals surface area contributed by atoms with Crippen molar-refractivity contribution in [2.24, 2.45) is 0 Å². The molecule has 0 bridgehead atoms. The van der Waals surface area contributed by atoms with Gasteiger partial charge in [0.1, 0.15) is 18.0 Å². The van der Waals surface area contributed by atoms with Gasteiger partial charge >= 0.3 is 0 Å². The van der Waals surface area contributed by atoms with E-state index in [2.05, 4.69) is 10.3 Å². The van der Waals surface area contributed by atoms with E-state index < -0.39 is 42.3 Å². The Hall–Kier alpha value is -4.46. The molecular formula is C27H20F4N4O3. The van der Waals surface area contributed by atoms with E-state index in [4.69, 9.17) is 10.00 Å². The zero-order valence-electron chi connectivity index (χ0n) is 19.7. The molecule has 11 heteroatoms. The van der Waals surface area contributed by atoms with Gasteiger partial charge in [-0.3, -0.25) is 14.5 Å². The molecule has 0 radical (unpaired) electrons. The van der Waals surface area contributed by atoms with Gasteiger partial charge in [-0.25, -0.2) is 22.5 Å². The van der Waals surface area contributed by atoms with Crippen molar-refractivity contribution in [2.75, 3.05) is 5.32 Å². The van der Waals surface area contributed by atoms with Gasteiger partial charge in [0.05, 0.1) is 17.5 Å². The number of hydrogen-bond acceptors (Lipinski definition) is 5. The van der Waals surface area contributed by atoms with Gasteiger partial charge in [0, 0.05) is 23.5 Å². The number of rotatable bonds is 7. The van der Waals surface area contributed by atoms with E-state index in [0.717, 1.165) is 25.0 Å². The van der Waals surface area contributed by atoms with Gasteiger partial charge in [-0.15, -0.1) is 0 Å². The van der Waals surface area contributed by atoms with Crippen LogP contribution in [0.25, 0.3) is 0 Å². The third-order valence-corrected chi connectivity index (χ3v) is 6.40. The highest BCUT2D eigenvalue weighted by Crippen LogP contribution is 2.45. The summed E-state index contributed by atoms with van der Waals surface area (Å²) in [5.41, 5.74) is -0.0395. The van der Waals surface area contributed by atoms with Gasteiger partial charge < -0.3 is 10.1 Å². The molecule has 0 saturated heterocycles. The second-order valence-electron chi connectivity index (χ2n) is 8.97. The number of fused-ring (bicyclic) bond motifs is 1. The molecule has 2 aliphatic rings. The fraction of sp³-hybridized carbons (Fsp3) is 0.259. The summed E-state index contributed by atoms with van der Waals surface area (Å²) in [4.78, 5) is 31.5. The number of carbonyl (C=O) groups excluding carboxylic acids is 2. The minimum Gasteiger partial charge on any atom is -0.474 e. The molecule has 3 atom stereocenters. The van der Waals surface area contributed by atoms with Crippen LogP contribution < -0.4 is 10.1 Å². The molecule has 1 aliphatic heterocycles. The van der Waals surface area contributed by atoms with Crippen molar-refractivity contribution in [1.82, 2.24) is 9.88 Å². The van der Waals surface area contributed by atoms with Crippen LogP contribution in [0.2, 0.25) is 0 Å². The standard InChI is InChI=1S/C27H20F4N4O3/c28-20-9-6-16(11-15(20)12-32)34-26(36)22-18-3-1-2-4-19(18)27(37)35(25(31)24(29)30)23(22)14-5-10-21(33-13-14)38-17-7-8-17/h1-6,9-11,13,17,22-25H,7-8H2,(H,34,36). The second kappa shape index (κ2) is 10.1. The molecule has 1 N–H and O–H groups in total. The van der Waals surface area contributed by atoms with Crippen molar-refractivity contribution >= 4 is 17.5 Å². The lowest BCUT2D eigenvalue weighted by Crippen LogP contribution is -2.51. The normalized spacial score (nSPS) is 19.5. The number of nitrogens with zero attached hydrogens (tertiary/aromatic N) is 3. The first-order valence-electron chi connectivity index (χ1n) is 11.8. The zero-order valence-corrected chi connectivity index (χ0v) is 19.7. The highest BCUT2D eigenvalue weighted by atomic mass is 19.3. The van der Waals surface area contributed by atoms with Crippen molar-refractivity contribution in [2.45, 2.75) is 43.6 Å². The Labute approximate surface area is 214 Å². The smallest absolute Gasteiger partial charge is 0.287 e. The van der Waals surface area contributed by atoms with Crippen LogP contribution in [-0.4, -0.2) is 40.5 Å². The molecule has 1 fully saturated rings. The lowest BCUT2D eigenvalue weighted by molar-refractivity contribution is -0.121. The van der Waals surface area contributed by atoms with E-state index in [1.807, 2.05) is 0 Å². The van der Waals surface area contributed by atoms with Crippen LogP contribution >= 0.6 is 0 Å². The zero-order chi connectivity index (χ0) is 27.0. The summed E-state index contributed by atoms with van der Waals surface area (Å²) in [6.45, 7) is 0. The van der Waals surface area contributed by atoms with Crippen LogP contribution in [0.1, 0.15) is 51.8 Å². The van der Waals surface area contributed by atoms with Gasteiger partial charge in [0.25, 0.3) is 12.3 Å². The first kappa shape index (κ1) is 25.2. The first-order valence-corrected chi connectivity index (χ1v) is 11.8. The largest absolute Gasteiger partial charge is 0.474 e. The van der Waals surface area contributed by atoms with Crippen molar-refractivity contribution < 1.29 is 31.9 Å². The van der Waals surface area contributed by atoms with E-state index >= 15 is 4.39 Å². The predicted octanol–water partition coefficient (Wildman–Crippen LogP) is 5.11. The van der Waals surface area contributed by atoms with E-state index in [0.29, 0.717) is 4.90 Å². The van der Waals surface area contributed by atoms with E-state index in [1.54, 1.807) is 12.1 Å². The number of nitriles is 1. The molecule has 5 rings (SSSR count). The van der Waals surface area contributed by atoms with Gasteiger partial charge in [-0.05, 0) is 48.2 Å². The summed E-state index contributed by atoms with van der Waals surface area (Å²) in [5.74, 6) is -3.66. The van der Waals surface area contributed by atoms with Crippen LogP contribution in [-0.2, 0) is 4.79 Å². The fourth-order valence-electron chi connectivity index (χ4n) is 4.49. The summed E-state index contributed by atoms with van der Waals surface area (Å²) in [5, 5.41) is 11.7. The van der Waals surface area contributed by atoms with Gasteiger partial charge in [-0.2, -0.15) is 5.26 Å². The number of pyridine rings is 1. The van der Waals surface area contributed by atoms with Crippen LogP contribution in [0.5, 0.6) is 5.88 Å². The number of nitrogens with one attached hydrogen (secondary N) is 1. The number of hydrogen-bond donors (Lipinski definition) is 1. The average molecular weight is 524 g/mol. The average Bonchev–Trinajstić information content (AvgIpc) is 3.73. The van der Waals surface area contributed by atoms with Crippen LogP contribution in [0.3, 0.4) is 0 Å². The molecule has 194 valence electrons. The summed E-state index contributed by atoms with van der Waals surface area (Å²) in [6.07, 6.45) is -3.51. The van der Waals surface area contributed by atoms with Crippen molar-refractivity contribution in [1.29, 1.82) is 5.26 Å². The van der Waals surface area contributed by atoms with Crippen molar-refractivity contribution in [3.05, 3.63) is 88.9 Å². The molecular weight excluding hydrogens is 504 g/mol. The number of carbonyl (C=O) groups is 2. The Morgan fingerprint density at radius 2 is 1.89 bits per heavy atom. The number of amides is 2. The number of aromatic nitrogens is 1. The second-order valence-corrected chi connectivity index (χ2v) is 8.97. The fourth-order valence-corrected chi connectivity index (χ4v) is 4.49. The van der Waals surface area contributed by atoms with E-state index in [-0.39, 0.29) is 39.9 Å². The Kier molecular flexibility index (Phi) is 6.72. The maximum atomic E-state index is 15.1. The summed E-state index contributed by atoms with van der Waals surface area (Å²) >= 11 is 0. The SMILES string of the molecule is N#Cc1cc(NC(=O)C2c3ccccc3C(=O)N(C(F)C(F)F)C2c2ccc(OC3CC3)nc2)ccc1F. The molecule has 7 nitrogen and oxygen atoms in total. The van der Waals surface area contributed by atoms with E-state index in [1.165, 1.54) is 42.6 Å². The highest BCUT2D eigenvalue weighted by Gasteiger charge is 2.49. The quantitative estimate of drug-likeness (QED) is 0.342. The number of halogens is 4. The maximum absolute atomic E-state index is 15.1. The third kappa shape index (κ3) is 4.77. The van der Waals surface area contributed by atoms with Gasteiger partial charge in [0.15, 0.2) is 0 Å². The van der Waals surface area contributed by atoms with Crippen LogP contribution in [0.4, 0.5) is 23.2 Å². The first-order chi connectivity index (χ1) is 18.3. The number of benzene rings is 2. The molecule has 1 aliphatic carbocycles. The van der Waals surface area contributed by atoms with Crippen LogP contribution in [0, 0.1) is 17.1 Å². The molecule has 2 aromatic carbocycles. The number of alkyl halides is 3. The minimum absolute atomic E-state index is 0.0366. The lowest BCUT2D eigenvalue weighted by Gasteiger charge is -2.42. The molecule has 0 spiro atoms. The maximum Gasteiger partial charge on any atom is 0.287 e. The molecule has 1 saturated carbocycles. The topological polar surface area (TPSA) is 95.3 Å². The monoisotopic (exact) mass is 524 g/mol. The molecule has 3 aromatic rings. The predicted molar refractivity (Wildman–Crippen MR) is 127 cm³/mol. The Morgan fingerprint density at radius 3 is 2.55 bits per heavy atom. The summed E-state index contributed by atoms with van der Waals surface area (Å²) in [7, 11) is 0. The molecule has 1 aromatic heterocycles. The number of ether oxygens (including phenoxy) is 1. The summed E-state index contributed by atoms with van der Waals surface area (Å²) in [6, 6.07) is 12.3. The molecule has 3 unspecified atom stereocenters. The molecule has 2 amide bonds. The Balaban J connectivity index is 1.60.